The van der Waals surface area contributed by atoms with Crippen molar-refractivity contribution in [3.63, 3.8) is 0 Å². The molecule has 0 aromatic heterocycles. The highest BCUT2D eigenvalue weighted by atomic mass is 16.2. The van der Waals surface area contributed by atoms with E-state index in [-0.39, 0.29) is 18.7 Å². The summed E-state index contributed by atoms with van der Waals surface area (Å²) in [5.41, 5.74) is 8.44. The van der Waals surface area contributed by atoms with E-state index in [1.54, 1.807) is 24.3 Å². The molecule has 2 heterocycles. The topological polar surface area (TPSA) is 132 Å². The Morgan fingerprint density at radius 3 is 2.26 bits per heavy atom. The maximum Gasteiger partial charge on any atom is 0.262 e. The van der Waals surface area contributed by atoms with E-state index in [4.69, 9.17) is 5.53 Å². The van der Waals surface area contributed by atoms with E-state index < -0.39 is 23.8 Å². The second-order valence-corrected chi connectivity index (χ2v) is 6.63. The standard InChI is InChI=1S/C13H10N2O4.C5H11N3/c16-10-6-5-9(11(17)14-10)15-12(18)7-3-1-2-4-8(7)13(15)19;1-5(2)3-4-7-8-6/h1-4,9H,5-6H2,(H,14,16,17);5H,3-4H2,1-2H3. The zero-order valence-electron chi connectivity index (χ0n) is 15.2. The third kappa shape index (κ3) is 4.71. The molecular formula is C18H21N5O4. The molecule has 1 saturated heterocycles. The van der Waals surface area contributed by atoms with Crippen LogP contribution in [-0.2, 0) is 9.59 Å². The predicted octanol–water partition coefficient (Wildman–Crippen LogP) is 2.43. The fraction of sp³-hybridized carbons (Fsp3) is 0.444. The second kappa shape index (κ2) is 8.95. The Morgan fingerprint density at radius 1 is 1.19 bits per heavy atom. The molecule has 0 bridgehead atoms. The molecule has 3 rings (SSSR count). The number of fused-ring (bicyclic) bond motifs is 1. The molecule has 4 amide bonds. The van der Waals surface area contributed by atoms with Crippen molar-refractivity contribution >= 4 is 23.6 Å². The summed E-state index contributed by atoms with van der Waals surface area (Å²) in [4.78, 5) is 50.8. The van der Waals surface area contributed by atoms with Crippen molar-refractivity contribution in [1.29, 1.82) is 0 Å². The Bertz CT molecular complexity index is 779. The molecule has 1 atom stereocenters. The van der Waals surface area contributed by atoms with Crippen LogP contribution in [0, 0.1) is 5.92 Å². The minimum atomic E-state index is -0.898. The smallest absolute Gasteiger partial charge is 0.262 e. The summed E-state index contributed by atoms with van der Waals surface area (Å²) in [6.45, 7) is 4.84. The molecule has 1 unspecified atom stereocenters. The minimum Gasteiger partial charge on any atom is -0.295 e. The molecule has 1 aromatic carbocycles. The van der Waals surface area contributed by atoms with Gasteiger partial charge in [-0.15, -0.1) is 0 Å². The molecule has 0 saturated carbocycles. The van der Waals surface area contributed by atoms with Crippen LogP contribution >= 0.6 is 0 Å². The van der Waals surface area contributed by atoms with Gasteiger partial charge in [-0.1, -0.05) is 31.1 Å². The van der Waals surface area contributed by atoms with Crippen LogP contribution < -0.4 is 5.32 Å². The quantitative estimate of drug-likeness (QED) is 0.376. The zero-order chi connectivity index (χ0) is 20.0. The van der Waals surface area contributed by atoms with Gasteiger partial charge in [0.05, 0.1) is 11.1 Å². The molecule has 0 aliphatic carbocycles. The molecule has 9 heteroatoms. The number of hydrogen-bond donors (Lipinski definition) is 1. The van der Waals surface area contributed by atoms with Gasteiger partial charge in [-0.25, -0.2) is 0 Å². The van der Waals surface area contributed by atoms with Crippen LogP contribution in [0.1, 0.15) is 53.8 Å². The molecule has 9 nitrogen and oxygen atoms in total. The average molecular weight is 371 g/mol. The van der Waals surface area contributed by atoms with Gasteiger partial charge in [0.25, 0.3) is 11.8 Å². The number of hydrogen-bond acceptors (Lipinski definition) is 5. The first-order chi connectivity index (χ1) is 12.9. The highest BCUT2D eigenvalue weighted by molar-refractivity contribution is 6.23. The summed E-state index contributed by atoms with van der Waals surface area (Å²) in [6.07, 6.45) is 1.30. The van der Waals surface area contributed by atoms with Gasteiger partial charge in [-0.2, -0.15) is 0 Å². The Hall–Kier alpha value is -3.19. The van der Waals surface area contributed by atoms with E-state index in [2.05, 4.69) is 29.2 Å². The lowest BCUT2D eigenvalue weighted by Crippen LogP contribution is -2.54. The summed E-state index contributed by atoms with van der Waals surface area (Å²) in [7, 11) is 0. The number of nitrogens with one attached hydrogen (secondary N) is 1. The van der Waals surface area contributed by atoms with E-state index in [9.17, 15) is 19.2 Å². The maximum absolute atomic E-state index is 12.2. The Labute approximate surface area is 156 Å². The highest BCUT2D eigenvalue weighted by Gasteiger charge is 2.44. The molecule has 0 spiro atoms. The van der Waals surface area contributed by atoms with Crippen molar-refractivity contribution in [2.75, 3.05) is 6.54 Å². The monoisotopic (exact) mass is 371 g/mol. The van der Waals surface area contributed by atoms with Gasteiger partial charge in [0, 0.05) is 17.9 Å². The van der Waals surface area contributed by atoms with Gasteiger partial charge in [-0.05, 0) is 36.4 Å². The van der Waals surface area contributed by atoms with Crippen molar-refractivity contribution in [3.8, 4) is 0 Å². The van der Waals surface area contributed by atoms with Gasteiger partial charge in [-0.3, -0.25) is 29.4 Å². The van der Waals surface area contributed by atoms with E-state index >= 15 is 0 Å². The van der Waals surface area contributed by atoms with Gasteiger partial charge in [0.1, 0.15) is 6.04 Å². The number of azide groups is 1. The number of benzene rings is 1. The number of carbonyl (C=O) groups is 4. The van der Waals surface area contributed by atoms with Crippen molar-refractivity contribution in [2.24, 2.45) is 11.0 Å². The van der Waals surface area contributed by atoms with Crippen LogP contribution in [0.15, 0.2) is 29.4 Å². The van der Waals surface area contributed by atoms with E-state index in [1.165, 1.54) is 0 Å². The van der Waals surface area contributed by atoms with Crippen LogP contribution in [0.2, 0.25) is 0 Å². The summed E-state index contributed by atoms with van der Waals surface area (Å²) >= 11 is 0. The van der Waals surface area contributed by atoms with E-state index in [0.29, 0.717) is 23.6 Å². The van der Waals surface area contributed by atoms with Gasteiger partial charge >= 0.3 is 0 Å². The Morgan fingerprint density at radius 2 is 1.78 bits per heavy atom. The zero-order valence-corrected chi connectivity index (χ0v) is 15.2. The molecule has 0 radical (unpaired) electrons. The SMILES string of the molecule is CC(C)CCN=[N+]=[N-].O=C1CCC(N2C(=O)c3ccccc3C2=O)C(=O)N1. The van der Waals surface area contributed by atoms with E-state index in [0.717, 1.165) is 11.3 Å². The number of carbonyl (C=O) groups excluding carboxylic acids is 4. The molecule has 1 fully saturated rings. The van der Waals surface area contributed by atoms with Crippen LogP contribution in [0.5, 0.6) is 0 Å². The molecule has 1 aromatic rings. The van der Waals surface area contributed by atoms with Crippen LogP contribution in [0.4, 0.5) is 0 Å². The van der Waals surface area contributed by atoms with Crippen molar-refractivity contribution < 1.29 is 19.2 Å². The molecule has 2 aliphatic heterocycles. The maximum atomic E-state index is 12.2. The lowest BCUT2D eigenvalue weighted by molar-refractivity contribution is -0.136. The van der Waals surface area contributed by atoms with Crippen molar-refractivity contribution in [1.82, 2.24) is 10.2 Å². The lowest BCUT2D eigenvalue weighted by Gasteiger charge is -2.27. The minimum absolute atomic E-state index is 0.129. The van der Waals surface area contributed by atoms with Crippen LogP contribution in [0.25, 0.3) is 10.4 Å². The van der Waals surface area contributed by atoms with Crippen LogP contribution in [-0.4, -0.2) is 41.1 Å². The third-order valence-electron chi connectivity index (χ3n) is 4.22. The van der Waals surface area contributed by atoms with Gasteiger partial charge in [0.2, 0.25) is 11.8 Å². The molecular weight excluding hydrogens is 350 g/mol. The van der Waals surface area contributed by atoms with Crippen molar-refractivity contribution in [2.45, 2.75) is 39.2 Å². The third-order valence-corrected chi connectivity index (χ3v) is 4.22. The highest BCUT2D eigenvalue weighted by Crippen LogP contribution is 2.26. The fourth-order valence-electron chi connectivity index (χ4n) is 2.78. The number of amides is 4. The largest absolute Gasteiger partial charge is 0.295 e. The Balaban J connectivity index is 0.000000279. The first-order valence-electron chi connectivity index (χ1n) is 8.68. The normalized spacial score (nSPS) is 18.5. The molecule has 142 valence electrons. The summed E-state index contributed by atoms with van der Waals surface area (Å²) in [6, 6.07) is 5.55. The van der Waals surface area contributed by atoms with Gasteiger partial charge in [0.15, 0.2) is 0 Å². The van der Waals surface area contributed by atoms with E-state index in [1.807, 2.05) is 0 Å². The first kappa shape index (κ1) is 20.1. The lowest BCUT2D eigenvalue weighted by atomic mass is 10.0. The summed E-state index contributed by atoms with van der Waals surface area (Å²) in [5, 5.41) is 5.54. The van der Waals surface area contributed by atoms with Gasteiger partial charge < -0.3 is 0 Å². The first-order valence-corrected chi connectivity index (χ1v) is 8.68. The van der Waals surface area contributed by atoms with Crippen LogP contribution in [0.3, 0.4) is 0 Å². The molecule has 27 heavy (non-hydrogen) atoms. The Kier molecular flexibility index (Phi) is 6.67. The summed E-state index contributed by atoms with van der Waals surface area (Å²) < 4.78 is 0. The second-order valence-electron chi connectivity index (χ2n) is 6.63. The fourth-order valence-corrected chi connectivity index (χ4v) is 2.78. The molecule has 2 aliphatic rings. The predicted molar refractivity (Wildman–Crippen MR) is 96.6 cm³/mol. The summed E-state index contributed by atoms with van der Waals surface area (Å²) in [5.74, 6) is -1.28. The number of piperidine rings is 1. The average Bonchev–Trinajstić information content (AvgIpc) is 2.88. The van der Waals surface area contributed by atoms with Crippen molar-refractivity contribution in [3.05, 3.63) is 45.8 Å². The number of imide groups is 2. The molecule has 1 N–H and O–H groups in total. The number of rotatable bonds is 4. The number of nitrogens with zero attached hydrogens (tertiary/aromatic N) is 4.